The van der Waals surface area contributed by atoms with Gasteiger partial charge < -0.3 is 20.5 Å². The molecule has 1 aromatic heterocycles. The number of halogens is 5. The maximum absolute atomic E-state index is 12.0. The van der Waals surface area contributed by atoms with Crippen LogP contribution < -0.4 is 5.73 Å². The molecule has 0 aliphatic rings. The van der Waals surface area contributed by atoms with E-state index in [4.69, 9.17) is 28.9 Å². The van der Waals surface area contributed by atoms with E-state index in [1.165, 1.54) is 0 Å². The molecule has 0 spiro atoms. The first-order chi connectivity index (χ1) is 14.1. The number of alkyl halides is 3. The molecular formula is C18H22Cl2F3N5O2. The SMILES string of the molecule is CN(CCCc1nnc(-c2cccc(Cl)c2Cl)c(N)n1)C[C@H](O)COCC(F)(F)F. The fraction of sp³-hybridized carbons (Fsp3) is 0.500. The van der Waals surface area contributed by atoms with E-state index in [0.717, 1.165) is 0 Å². The number of aliphatic hydroxyl groups is 1. The van der Waals surface area contributed by atoms with Crippen molar-refractivity contribution in [3.8, 4) is 11.3 Å². The molecule has 1 aromatic carbocycles. The third kappa shape index (κ3) is 7.84. The highest BCUT2D eigenvalue weighted by molar-refractivity contribution is 6.43. The molecule has 0 saturated heterocycles. The number of aliphatic hydroxyl groups excluding tert-OH is 1. The fourth-order valence-corrected chi connectivity index (χ4v) is 3.07. The first-order valence-corrected chi connectivity index (χ1v) is 9.77. The van der Waals surface area contributed by atoms with Crippen molar-refractivity contribution in [3.05, 3.63) is 34.1 Å². The lowest BCUT2D eigenvalue weighted by Gasteiger charge is -2.20. The van der Waals surface area contributed by atoms with Crippen LogP contribution >= 0.6 is 23.2 Å². The Kier molecular flexibility index (Phi) is 9.05. The number of hydrogen-bond donors (Lipinski definition) is 2. The van der Waals surface area contributed by atoms with Gasteiger partial charge in [0.25, 0.3) is 0 Å². The third-order valence-corrected chi connectivity index (χ3v) is 4.82. The van der Waals surface area contributed by atoms with E-state index < -0.39 is 18.9 Å². The molecule has 30 heavy (non-hydrogen) atoms. The topological polar surface area (TPSA) is 97.4 Å². The van der Waals surface area contributed by atoms with E-state index in [1.54, 1.807) is 30.1 Å². The average Bonchev–Trinajstić information content (AvgIpc) is 2.63. The Morgan fingerprint density at radius 1 is 1.27 bits per heavy atom. The van der Waals surface area contributed by atoms with E-state index in [2.05, 4.69) is 19.9 Å². The van der Waals surface area contributed by atoms with Crippen molar-refractivity contribution in [2.24, 2.45) is 0 Å². The van der Waals surface area contributed by atoms with E-state index >= 15 is 0 Å². The molecule has 0 amide bonds. The quantitative estimate of drug-likeness (QED) is 0.553. The Balaban J connectivity index is 1.81. The number of rotatable bonds is 10. The maximum atomic E-state index is 12.0. The molecule has 0 saturated carbocycles. The second-order valence-electron chi connectivity index (χ2n) is 6.71. The standard InChI is InChI=1S/C18H22Cl2F3N5O2/c1-28(8-11(29)9-30-10-18(21,22)23)7-3-6-14-25-17(24)16(27-26-14)12-4-2-5-13(19)15(12)20/h2,4-5,11,29H,3,6-10H2,1H3,(H2,24,25,26)/t11-/m0/s1. The zero-order valence-corrected chi connectivity index (χ0v) is 17.7. The van der Waals surface area contributed by atoms with Gasteiger partial charge in [0.1, 0.15) is 12.3 Å². The highest BCUT2D eigenvalue weighted by Crippen LogP contribution is 2.34. The summed E-state index contributed by atoms with van der Waals surface area (Å²) in [6, 6.07) is 5.08. The van der Waals surface area contributed by atoms with E-state index in [0.29, 0.717) is 46.5 Å². The number of benzene rings is 1. The molecule has 3 N–H and O–H groups in total. The predicted octanol–water partition coefficient (Wildman–Crippen LogP) is 3.23. The number of ether oxygens (including phenoxy) is 1. The van der Waals surface area contributed by atoms with E-state index in [1.807, 2.05) is 0 Å². The number of nitrogen functional groups attached to an aromatic ring is 1. The van der Waals surface area contributed by atoms with Crippen molar-refractivity contribution < 1.29 is 23.0 Å². The summed E-state index contributed by atoms with van der Waals surface area (Å²) in [7, 11) is 1.74. The van der Waals surface area contributed by atoms with Gasteiger partial charge >= 0.3 is 6.18 Å². The number of aromatic nitrogens is 3. The van der Waals surface area contributed by atoms with Crippen LogP contribution in [-0.2, 0) is 11.2 Å². The second-order valence-corrected chi connectivity index (χ2v) is 7.50. The Hall–Kier alpha value is -1.72. The van der Waals surface area contributed by atoms with Crippen LogP contribution in [0.4, 0.5) is 19.0 Å². The van der Waals surface area contributed by atoms with Crippen LogP contribution in [0, 0.1) is 0 Å². The van der Waals surface area contributed by atoms with Gasteiger partial charge in [0.15, 0.2) is 11.6 Å². The molecule has 2 rings (SSSR count). The molecule has 2 aromatic rings. The van der Waals surface area contributed by atoms with Gasteiger partial charge in [0.05, 0.1) is 22.8 Å². The summed E-state index contributed by atoms with van der Waals surface area (Å²) in [5.74, 6) is 0.617. The summed E-state index contributed by atoms with van der Waals surface area (Å²) < 4.78 is 40.5. The molecule has 7 nitrogen and oxygen atoms in total. The monoisotopic (exact) mass is 467 g/mol. The zero-order chi connectivity index (χ0) is 22.3. The number of anilines is 1. The molecule has 1 heterocycles. The van der Waals surface area contributed by atoms with Gasteiger partial charge in [-0.05, 0) is 26.1 Å². The van der Waals surface area contributed by atoms with Crippen molar-refractivity contribution in [2.45, 2.75) is 25.1 Å². The summed E-state index contributed by atoms with van der Waals surface area (Å²) in [5.41, 5.74) is 6.87. The lowest BCUT2D eigenvalue weighted by atomic mass is 10.1. The van der Waals surface area contributed by atoms with Crippen LogP contribution in [0.2, 0.25) is 10.0 Å². The Bertz CT molecular complexity index is 842. The molecule has 166 valence electrons. The molecule has 0 fully saturated rings. The van der Waals surface area contributed by atoms with Gasteiger partial charge in [-0.2, -0.15) is 13.2 Å². The van der Waals surface area contributed by atoms with Crippen LogP contribution in [0.25, 0.3) is 11.3 Å². The summed E-state index contributed by atoms with van der Waals surface area (Å²) in [5, 5.41) is 18.6. The largest absolute Gasteiger partial charge is 0.411 e. The summed E-state index contributed by atoms with van der Waals surface area (Å²) in [6.07, 6.45) is -4.32. The maximum Gasteiger partial charge on any atom is 0.411 e. The first kappa shape index (κ1) is 24.5. The average molecular weight is 468 g/mol. The molecule has 0 unspecified atom stereocenters. The molecule has 0 radical (unpaired) electrons. The lowest BCUT2D eigenvalue weighted by Crippen LogP contribution is -2.34. The fourth-order valence-electron chi connectivity index (χ4n) is 2.68. The lowest BCUT2D eigenvalue weighted by molar-refractivity contribution is -0.179. The predicted molar refractivity (Wildman–Crippen MR) is 108 cm³/mol. The summed E-state index contributed by atoms with van der Waals surface area (Å²) >= 11 is 12.2. The Morgan fingerprint density at radius 2 is 2.00 bits per heavy atom. The minimum atomic E-state index is -4.41. The summed E-state index contributed by atoms with van der Waals surface area (Å²) in [6.45, 7) is -1.04. The van der Waals surface area contributed by atoms with Crippen molar-refractivity contribution in [2.75, 3.05) is 39.1 Å². The van der Waals surface area contributed by atoms with Crippen LogP contribution in [0.3, 0.4) is 0 Å². The van der Waals surface area contributed by atoms with Gasteiger partial charge in [-0.1, -0.05) is 35.3 Å². The normalized spacial score (nSPS) is 13.1. The van der Waals surface area contributed by atoms with Crippen molar-refractivity contribution in [1.82, 2.24) is 20.1 Å². The van der Waals surface area contributed by atoms with Crippen molar-refractivity contribution in [3.63, 3.8) is 0 Å². The number of hydrogen-bond acceptors (Lipinski definition) is 7. The van der Waals surface area contributed by atoms with Gasteiger partial charge in [0.2, 0.25) is 0 Å². The van der Waals surface area contributed by atoms with Gasteiger partial charge in [-0.25, -0.2) is 4.98 Å². The highest BCUT2D eigenvalue weighted by Gasteiger charge is 2.27. The van der Waals surface area contributed by atoms with E-state index in [9.17, 15) is 18.3 Å². The number of nitrogens with two attached hydrogens (primary N) is 1. The van der Waals surface area contributed by atoms with Crippen LogP contribution in [0.1, 0.15) is 12.2 Å². The van der Waals surface area contributed by atoms with Crippen molar-refractivity contribution >= 4 is 29.0 Å². The highest BCUT2D eigenvalue weighted by atomic mass is 35.5. The molecule has 0 aliphatic carbocycles. The van der Waals surface area contributed by atoms with Crippen LogP contribution in [0.15, 0.2) is 18.2 Å². The zero-order valence-electron chi connectivity index (χ0n) is 16.2. The molecule has 1 atom stereocenters. The minimum Gasteiger partial charge on any atom is -0.389 e. The second kappa shape index (κ2) is 11.1. The van der Waals surface area contributed by atoms with Gasteiger partial charge in [-0.3, -0.25) is 0 Å². The number of nitrogens with zero attached hydrogens (tertiary/aromatic N) is 4. The number of likely N-dealkylation sites (N-methyl/N-ethyl adjacent to an activating group) is 1. The molecule has 0 aliphatic heterocycles. The molecular weight excluding hydrogens is 446 g/mol. The first-order valence-electron chi connectivity index (χ1n) is 9.01. The van der Waals surface area contributed by atoms with E-state index in [-0.39, 0.29) is 19.0 Å². The molecule has 12 heteroatoms. The third-order valence-electron chi connectivity index (χ3n) is 4.00. The van der Waals surface area contributed by atoms with Crippen LogP contribution in [-0.4, -0.2) is 70.8 Å². The van der Waals surface area contributed by atoms with Crippen LogP contribution in [0.5, 0.6) is 0 Å². The Labute approximate surface area is 182 Å². The minimum absolute atomic E-state index is 0.172. The molecule has 0 bridgehead atoms. The smallest absolute Gasteiger partial charge is 0.389 e. The number of aryl methyl sites for hydroxylation is 1. The van der Waals surface area contributed by atoms with Crippen molar-refractivity contribution in [1.29, 1.82) is 0 Å². The summed E-state index contributed by atoms with van der Waals surface area (Å²) in [4.78, 5) is 6.03. The Morgan fingerprint density at radius 3 is 2.67 bits per heavy atom. The van der Waals surface area contributed by atoms with Gasteiger partial charge in [0, 0.05) is 18.5 Å². The van der Waals surface area contributed by atoms with Gasteiger partial charge in [-0.15, -0.1) is 10.2 Å².